The second-order valence-corrected chi connectivity index (χ2v) is 6.16. The third-order valence-electron chi connectivity index (χ3n) is 4.10. The molecule has 0 saturated heterocycles. The predicted octanol–water partition coefficient (Wildman–Crippen LogP) is 5.61. The maximum absolute atomic E-state index is 5.43. The molecule has 0 N–H and O–H groups in total. The zero-order valence-corrected chi connectivity index (χ0v) is 15.5. The van der Waals surface area contributed by atoms with Crippen molar-refractivity contribution in [3.05, 3.63) is 71.5 Å². The lowest BCUT2D eigenvalue weighted by atomic mass is 10.1. The lowest BCUT2D eigenvalue weighted by Gasteiger charge is -2.09. The van der Waals surface area contributed by atoms with Gasteiger partial charge < -0.3 is 4.74 Å². The second kappa shape index (κ2) is 7.87. The molecule has 5 heteroatoms. The van der Waals surface area contributed by atoms with E-state index in [9.17, 15) is 0 Å². The Hall–Kier alpha value is -3.08. The van der Waals surface area contributed by atoms with E-state index in [-0.39, 0.29) is 6.04 Å². The van der Waals surface area contributed by atoms with Gasteiger partial charge in [0.15, 0.2) is 5.82 Å². The first kappa shape index (κ1) is 17.7. The number of nitrogens with zero attached hydrogens (tertiary/aromatic N) is 4. The molecule has 2 aromatic carbocycles. The molecule has 0 fully saturated rings. The Morgan fingerprint density at radius 1 is 0.962 bits per heavy atom. The van der Waals surface area contributed by atoms with Crippen LogP contribution in [-0.2, 0) is 0 Å². The van der Waals surface area contributed by atoms with Gasteiger partial charge in [-0.1, -0.05) is 42.0 Å². The minimum atomic E-state index is -0.0411. The molecule has 0 aliphatic heterocycles. The summed E-state index contributed by atoms with van der Waals surface area (Å²) in [7, 11) is 1.65. The molecule has 0 saturated carbocycles. The quantitative estimate of drug-likeness (QED) is 0.564. The molecule has 0 aliphatic carbocycles. The number of azo groups is 1. The molecule has 0 bridgehead atoms. The molecular weight excluding hydrogens is 324 g/mol. The van der Waals surface area contributed by atoms with Crippen molar-refractivity contribution in [3.8, 4) is 17.0 Å². The predicted molar refractivity (Wildman–Crippen MR) is 103 cm³/mol. The Morgan fingerprint density at radius 3 is 2.42 bits per heavy atom. The van der Waals surface area contributed by atoms with E-state index < -0.39 is 0 Å². The van der Waals surface area contributed by atoms with Crippen molar-refractivity contribution in [1.82, 2.24) is 9.97 Å². The van der Waals surface area contributed by atoms with Crippen molar-refractivity contribution in [2.24, 2.45) is 10.2 Å². The number of hydrogen-bond donors (Lipinski definition) is 0. The van der Waals surface area contributed by atoms with Gasteiger partial charge in [0.2, 0.25) is 0 Å². The lowest BCUT2D eigenvalue weighted by Crippen LogP contribution is -1.94. The van der Waals surface area contributed by atoms with E-state index in [1.54, 1.807) is 7.11 Å². The van der Waals surface area contributed by atoms with E-state index in [4.69, 9.17) is 4.74 Å². The van der Waals surface area contributed by atoms with E-state index in [0.717, 1.165) is 22.6 Å². The molecule has 26 heavy (non-hydrogen) atoms. The molecule has 3 aromatic rings. The summed E-state index contributed by atoms with van der Waals surface area (Å²) in [6.07, 6.45) is 0. The van der Waals surface area contributed by atoms with Crippen LogP contribution < -0.4 is 4.74 Å². The van der Waals surface area contributed by atoms with Gasteiger partial charge in [0, 0.05) is 11.6 Å². The molecule has 132 valence electrons. The Kier molecular flexibility index (Phi) is 5.37. The molecule has 0 aliphatic rings. The second-order valence-electron chi connectivity index (χ2n) is 6.16. The van der Waals surface area contributed by atoms with Crippen LogP contribution in [0.25, 0.3) is 11.3 Å². The summed E-state index contributed by atoms with van der Waals surface area (Å²) in [5.41, 5.74) is 4.02. The highest BCUT2D eigenvalue weighted by Crippen LogP contribution is 2.30. The van der Waals surface area contributed by atoms with E-state index in [0.29, 0.717) is 11.6 Å². The van der Waals surface area contributed by atoms with Gasteiger partial charge in [-0.15, -0.1) is 5.11 Å². The largest absolute Gasteiger partial charge is 0.496 e. The number of aromatic nitrogens is 2. The Bertz CT molecular complexity index is 920. The van der Waals surface area contributed by atoms with Gasteiger partial charge in [-0.3, -0.25) is 0 Å². The number of para-hydroxylation sites is 1. The van der Waals surface area contributed by atoms with Crippen LogP contribution in [0.2, 0.25) is 0 Å². The first-order valence-corrected chi connectivity index (χ1v) is 8.53. The Labute approximate surface area is 153 Å². The molecule has 1 heterocycles. The van der Waals surface area contributed by atoms with Gasteiger partial charge in [-0.05, 0) is 38.5 Å². The van der Waals surface area contributed by atoms with Crippen molar-refractivity contribution in [2.45, 2.75) is 26.8 Å². The molecular formula is C21H22N4O. The number of benzene rings is 2. The zero-order valence-electron chi connectivity index (χ0n) is 15.5. The molecule has 1 unspecified atom stereocenters. The van der Waals surface area contributed by atoms with Crippen LogP contribution in [0, 0.1) is 13.8 Å². The van der Waals surface area contributed by atoms with Gasteiger partial charge in [0.25, 0.3) is 0 Å². The fourth-order valence-electron chi connectivity index (χ4n) is 2.65. The van der Waals surface area contributed by atoms with Crippen LogP contribution in [0.1, 0.15) is 29.9 Å². The number of methoxy groups -OCH3 is 1. The van der Waals surface area contributed by atoms with Crippen molar-refractivity contribution >= 4 is 5.82 Å². The number of hydrogen-bond acceptors (Lipinski definition) is 5. The fourth-order valence-corrected chi connectivity index (χ4v) is 2.65. The first-order valence-electron chi connectivity index (χ1n) is 8.53. The van der Waals surface area contributed by atoms with Crippen LogP contribution in [0.15, 0.2) is 64.8 Å². The summed E-state index contributed by atoms with van der Waals surface area (Å²) >= 11 is 0. The maximum Gasteiger partial charge on any atom is 0.177 e. The molecule has 3 rings (SSSR count). The van der Waals surface area contributed by atoms with E-state index in [2.05, 4.69) is 51.4 Å². The normalized spacial score (nSPS) is 12.3. The standard InChI is InChI=1S/C21H22N4O/c1-14-9-11-17(12-10-14)15(2)24-25-21-13-19(22-16(3)23-21)18-7-5-6-8-20(18)26-4/h5-13,15H,1-4H3. The SMILES string of the molecule is COc1ccccc1-c1cc(N=NC(C)c2ccc(C)cc2)nc(C)n1. The van der Waals surface area contributed by atoms with Gasteiger partial charge >= 0.3 is 0 Å². The molecule has 0 amide bonds. The van der Waals surface area contributed by atoms with Crippen LogP contribution in [0.5, 0.6) is 5.75 Å². The first-order chi connectivity index (χ1) is 12.6. The van der Waals surface area contributed by atoms with Crippen molar-refractivity contribution < 1.29 is 4.74 Å². The van der Waals surface area contributed by atoms with Gasteiger partial charge in [0.05, 0.1) is 18.8 Å². The van der Waals surface area contributed by atoms with Gasteiger partial charge in [0.1, 0.15) is 11.6 Å². The highest BCUT2D eigenvalue weighted by atomic mass is 16.5. The fraction of sp³-hybridized carbons (Fsp3) is 0.238. The molecule has 1 atom stereocenters. The summed E-state index contributed by atoms with van der Waals surface area (Å²) in [5, 5.41) is 8.76. The van der Waals surface area contributed by atoms with Crippen LogP contribution in [0.3, 0.4) is 0 Å². The minimum absolute atomic E-state index is 0.0411. The van der Waals surface area contributed by atoms with Crippen LogP contribution in [0.4, 0.5) is 5.82 Å². The van der Waals surface area contributed by atoms with Crippen LogP contribution in [-0.4, -0.2) is 17.1 Å². The number of aryl methyl sites for hydroxylation is 2. The maximum atomic E-state index is 5.43. The highest BCUT2D eigenvalue weighted by Gasteiger charge is 2.10. The Balaban J connectivity index is 1.89. The summed E-state index contributed by atoms with van der Waals surface area (Å²) in [4.78, 5) is 8.90. The Morgan fingerprint density at radius 2 is 1.69 bits per heavy atom. The van der Waals surface area contributed by atoms with Crippen molar-refractivity contribution in [1.29, 1.82) is 0 Å². The summed E-state index contributed by atoms with van der Waals surface area (Å²) in [5.74, 6) is 1.95. The topological polar surface area (TPSA) is 59.7 Å². The molecule has 0 radical (unpaired) electrons. The smallest absolute Gasteiger partial charge is 0.177 e. The highest BCUT2D eigenvalue weighted by molar-refractivity contribution is 5.68. The van der Waals surface area contributed by atoms with Gasteiger partial charge in [-0.25, -0.2) is 9.97 Å². The zero-order chi connectivity index (χ0) is 18.5. The average Bonchev–Trinajstić information content (AvgIpc) is 2.66. The van der Waals surface area contributed by atoms with Crippen molar-refractivity contribution in [3.63, 3.8) is 0 Å². The summed E-state index contributed by atoms with van der Waals surface area (Å²) < 4.78 is 5.43. The third kappa shape index (κ3) is 4.11. The molecule has 1 aromatic heterocycles. The number of rotatable bonds is 5. The lowest BCUT2D eigenvalue weighted by molar-refractivity contribution is 0.416. The minimum Gasteiger partial charge on any atom is -0.496 e. The summed E-state index contributed by atoms with van der Waals surface area (Å²) in [6, 6.07) is 17.9. The molecule has 0 spiro atoms. The van der Waals surface area contributed by atoms with Crippen LogP contribution >= 0.6 is 0 Å². The van der Waals surface area contributed by atoms with E-state index >= 15 is 0 Å². The molecule has 5 nitrogen and oxygen atoms in total. The van der Waals surface area contributed by atoms with E-state index in [1.165, 1.54) is 5.56 Å². The number of ether oxygens (including phenoxy) is 1. The average molecular weight is 346 g/mol. The summed E-state index contributed by atoms with van der Waals surface area (Å²) in [6.45, 7) is 5.93. The third-order valence-corrected chi connectivity index (χ3v) is 4.10. The van der Waals surface area contributed by atoms with E-state index in [1.807, 2.05) is 44.2 Å². The van der Waals surface area contributed by atoms with Crippen molar-refractivity contribution in [2.75, 3.05) is 7.11 Å². The van der Waals surface area contributed by atoms with Gasteiger partial charge in [-0.2, -0.15) is 5.11 Å². The monoisotopic (exact) mass is 346 g/mol.